The topological polar surface area (TPSA) is 35.2 Å². The van der Waals surface area contributed by atoms with Gasteiger partial charge in [-0.15, -0.1) is 0 Å². The summed E-state index contributed by atoms with van der Waals surface area (Å²) in [6, 6.07) is 10.8. The molecule has 19 heavy (non-hydrogen) atoms. The van der Waals surface area contributed by atoms with Crippen molar-refractivity contribution in [2.24, 2.45) is 5.73 Å². The molecule has 5 heteroatoms. The standard InChI is InChI=1S/C14H11F2NOS/c15-11-6-3-4-9(13(11)16)8-18-12-7-2-1-5-10(12)14(17)19/h1-7H,8H2,(H2,17,19). The number of hydrogen-bond donors (Lipinski definition) is 1. The van der Waals surface area contributed by atoms with E-state index in [1.54, 1.807) is 24.3 Å². The summed E-state index contributed by atoms with van der Waals surface area (Å²) in [6.45, 7) is -0.0940. The van der Waals surface area contributed by atoms with Crippen LogP contribution in [0.3, 0.4) is 0 Å². The van der Waals surface area contributed by atoms with Crippen LogP contribution in [0.4, 0.5) is 8.78 Å². The highest BCUT2D eigenvalue weighted by atomic mass is 32.1. The second-order valence-corrected chi connectivity index (χ2v) is 4.30. The van der Waals surface area contributed by atoms with Gasteiger partial charge in [-0.2, -0.15) is 0 Å². The summed E-state index contributed by atoms with van der Waals surface area (Å²) in [5, 5.41) is 0. The van der Waals surface area contributed by atoms with Crippen molar-refractivity contribution in [3.8, 4) is 5.75 Å². The monoisotopic (exact) mass is 279 g/mol. The molecule has 2 aromatic carbocycles. The zero-order valence-electron chi connectivity index (χ0n) is 9.90. The minimum atomic E-state index is -0.907. The van der Waals surface area contributed by atoms with Crippen LogP contribution >= 0.6 is 12.2 Å². The molecule has 2 nitrogen and oxygen atoms in total. The fourth-order valence-electron chi connectivity index (χ4n) is 1.61. The maximum Gasteiger partial charge on any atom is 0.165 e. The van der Waals surface area contributed by atoms with Crippen LogP contribution in [0.15, 0.2) is 42.5 Å². The maximum absolute atomic E-state index is 13.5. The van der Waals surface area contributed by atoms with Gasteiger partial charge in [-0.05, 0) is 18.2 Å². The van der Waals surface area contributed by atoms with Crippen molar-refractivity contribution in [1.82, 2.24) is 0 Å². The third-order valence-corrected chi connectivity index (χ3v) is 2.79. The number of halogens is 2. The fourth-order valence-corrected chi connectivity index (χ4v) is 1.78. The summed E-state index contributed by atoms with van der Waals surface area (Å²) in [5.74, 6) is -1.36. The molecule has 0 unspecified atom stereocenters. The number of rotatable bonds is 4. The quantitative estimate of drug-likeness (QED) is 0.873. The van der Waals surface area contributed by atoms with Crippen LogP contribution < -0.4 is 10.5 Å². The Labute approximate surface area is 114 Å². The number of ether oxygens (including phenoxy) is 1. The summed E-state index contributed by atoms with van der Waals surface area (Å²) in [4.78, 5) is 0.190. The Balaban J connectivity index is 2.19. The highest BCUT2D eigenvalue weighted by Crippen LogP contribution is 2.20. The van der Waals surface area contributed by atoms with E-state index in [1.807, 2.05) is 0 Å². The Morgan fingerprint density at radius 3 is 2.58 bits per heavy atom. The van der Waals surface area contributed by atoms with E-state index in [4.69, 9.17) is 22.7 Å². The van der Waals surface area contributed by atoms with Crippen molar-refractivity contribution in [2.45, 2.75) is 6.61 Å². The molecule has 0 heterocycles. The molecule has 0 saturated carbocycles. The zero-order valence-corrected chi connectivity index (χ0v) is 10.7. The predicted molar refractivity (Wildman–Crippen MR) is 73.0 cm³/mol. The van der Waals surface area contributed by atoms with Crippen LogP contribution in [0.2, 0.25) is 0 Å². The van der Waals surface area contributed by atoms with Crippen LogP contribution in [-0.4, -0.2) is 4.99 Å². The van der Waals surface area contributed by atoms with Gasteiger partial charge in [0.25, 0.3) is 0 Å². The lowest BCUT2D eigenvalue weighted by atomic mass is 10.2. The van der Waals surface area contributed by atoms with Crippen LogP contribution in [0, 0.1) is 11.6 Å². The SMILES string of the molecule is NC(=S)c1ccccc1OCc1cccc(F)c1F. The summed E-state index contributed by atoms with van der Waals surface area (Å²) in [5.41, 5.74) is 6.26. The largest absolute Gasteiger partial charge is 0.488 e. The van der Waals surface area contributed by atoms with Crippen molar-refractivity contribution >= 4 is 17.2 Å². The number of nitrogens with two attached hydrogens (primary N) is 1. The summed E-state index contributed by atoms with van der Waals surface area (Å²) >= 11 is 4.89. The fraction of sp³-hybridized carbons (Fsp3) is 0.0714. The summed E-state index contributed by atoms with van der Waals surface area (Å²) < 4.78 is 31.9. The second kappa shape index (κ2) is 5.75. The highest BCUT2D eigenvalue weighted by molar-refractivity contribution is 7.80. The van der Waals surface area contributed by atoms with Gasteiger partial charge in [0.1, 0.15) is 17.3 Å². The average molecular weight is 279 g/mol. The molecule has 98 valence electrons. The van der Waals surface area contributed by atoms with Gasteiger partial charge < -0.3 is 10.5 Å². The molecule has 0 amide bonds. The Hall–Kier alpha value is -2.01. The van der Waals surface area contributed by atoms with Crippen molar-refractivity contribution in [2.75, 3.05) is 0 Å². The molecule has 0 radical (unpaired) electrons. The van der Waals surface area contributed by atoms with Crippen molar-refractivity contribution in [3.05, 3.63) is 65.2 Å². The molecule has 0 aliphatic carbocycles. The van der Waals surface area contributed by atoms with Gasteiger partial charge in [0, 0.05) is 5.56 Å². The Bertz CT molecular complexity index is 616. The molecule has 0 fully saturated rings. The lowest BCUT2D eigenvalue weighted by molar-refractivity contribution is 0.296. The zero-order chi connectivity index (χ0) is 13.8. The van der Waals surface area contributed by atoms with E-state index in [0.29, 0.717) is 11.3 Å². The first kappa shape index (κ1) is 13.4. The first-order valence-electron chi connectivity index (χ1n) is 5.54. The molecule has 0 spiro atoms. The van der Waals surface area contributed by atoms with E-state index in [-0.39, 0.29) is 17.2 Å². The molecular weight excluding hydrogens is 268 g/mol. The van der Waals surface area contributed by atoms with E-state index < -0.39 is 11.6 Å². The maximum atomic E-state index is 13.5. The Morgan fingerprint density at radius 1 is 1.11 bits per heavy atom. The molecular formula is C14H11F2NOS. The van der Waals surface area contributed by atoms with Gasteiger partial charge in [-0.1, -0.05) is 36.5 Å². The number of thiocarbonyl (C=S) groups is 1. The minimum Gasteiger partial charge on any atom is -0.488 e. The smallest absolute Gasteiger partial charge is 0.165 e. The number of para-hydroxylation sites is 1. The van der Waals surface area contributed by atoms with Crippen LogP contribution in [0.1, 0.15) is 11.1 Å². The van der Waals surface area contributed by atoms with E-state index >= 15 is 0 Å². The highest BCUT2D eigenvalue weighted by Gasteiger charge is 2.10. The van der Waals surface area contributed by atoms with E-state index in [2.05, 4.69) is 0 Å². The molecule has 2 aromatic rings. The average Bonchev–Trinajstić information content (AvgIpc) is 2.40. The van der Waals surface area contributed by atoms with E-state index in [1.165, 1.54) is 12.1 Å². The van der Waals surface area contributed by atoms with E-state index in [0.717, 1.165) is 6.07 Å². The molecule has 0 aliphatic rings. The van der Waals surface area contributed by atoms with Crippen molar-refractivity contribution in [1.29, 1.82) is 0 Å². The molecule has 0 saturated heterocycles. The minimum absolute atomic E-state index is 0.0940. The summed E-state index contributed by atoms with van der Waals surface area (Å²) in [6.07, 6.45) is 0. The first-order chi connectivity index (χ1) is 9.09. The van der Waals surface area contributed by atoms with Gasteiger partial charge in [0.15, 0.2) is 11.6 Å². The van der Waals surface area contributed by atoms with Gasteiger partial charge in [-0.25, -0.2) is 8.78 Å². The van der Waals surface area contributed by atoms with Crippen molar-refractivity contribution < 1.29 is 13.5 Å². The lowest BCUT2D eigenvalue weighted by Gasteiger charge is -2.11. The van der Waals surface area contributed by atoms with Crippen molar-refractivity contribution in [3.63, 3.8) is 0 Å². The Kier molecular flexibility index (Phi) is 4.06. The van der Waals surface area contributed by atoms with Gasteiger partial charge in [0.05, 0.1) is 5.56 Å². The van der Waals surface area contributed by atoms with Crippen LogP contribution in [0.25, 0.3) is 0 Å². The number of benzene rings is 2. The summed E-state index contributed by atoms with van der Waals surface area (Å²) in [7, 11) is 0. The second-order valence-electron chi connectivity index (χ2n) is 3.86. The van der Waals surface area contributed by atoms with Crippen LogP contribution in [0.5, 0.6) is 5.75 Å². The van der Waals surface area contributed by atoms with Gasteiger partial charge in [0.2, 0.25) is 0 Å². The number of hydrogen-bond acceptors (Lipinski definition) is 2. The molecule has 0 atom stereocenters. The van der Waals surface area contributed by atoms with Crippen LogP contribution in [-0.2, 0) is 6.61 Å². The first-order valence-corrected chi connectivity index (χ1v) is 5.95. The third-order valence-electron chi connectivity index (χ3n) is 2.57. The molecule has 0 aliphatic heterocycles. The van der Waals surface area contributed by atoms with Gasteiger partial charge >= 0.3 is 0 Å². The molecule has 2 N–H and O–H groups in total. The third kappa shape index (κ3) is 3.06. The molecule has 2 rings (SSSR count). The lowest BCUT2D eigenvalue weighted by Crippen LogP contribution is -2.11. The molecule has 0 aromatic heterocycles. The van der Waals surface area contributed by atoms with E-state index in [9.17, 15) is 8.78 Å². The van der Waals surface area contributed by atoms with Gasteiger partial charge in [-0.3, -0.25) is 0 Å². The normalized spacial score (nSPS) is 10.2. The Morgan fingerprint density at radius 2 is 1.84 bits per heavy atom. The molecule has 0 bridgehead atoms. The predicted octanol–water partition coefficient (Wildman–Crippen LogP) is 3.18.